The third kappa shape index (κ3) is 4.79. The van der Waals surface area contributed by atoms with E-state index in [1.54, 1.807) is 17.9 Å². The van der Waals surface area contributed by atoms with Crippen LogP contribution in [-0.2, 0) is 10.2 Å². The maximum absolute atomic E-state index is 12.7. The maximum atomic E-state index is 12.7. The molecule has 2 aromatic carbocycles. The minimum Gasteiger partial charge on any atom is -0.349 e. The normalized spacial score (nSPS) is 15.9. The van der Waals surface area contributed by atoms with Crippen molar-refractivity contribution in [3.05, 3.63) is 64.8 Å². The summed E-state index contributed by atoms with van der Waals surface area (Å²) in [5.41, 5.74) is 3.78. The largest absolute Gasteiger partial charge is 0.349 e. The summed E-state index contributed by atoms with van der Waals surface area (Å²) in [4.78, 5) is 35.4. The summed E-state index contributed by atoms with van der Waals surface area (Å²) in [5, 5.41) is 9.77. The number of halogens is 1. The molecule has 0 spiro atoms. The lowest BCUT2D eigenvalue weighted by atomic mass is 9.87. The molecule has 2 amide bonds. The van der Waals surface area contributed by atoms with Crippen molar-refractivity contribution in [1.82, 2.24) is 15.3 Å². The second-order valence-electron chi connectivity index (χ2n) is 9.65. The zero-order valence-corrected chi connectivity index (χ0v) is 20.6. The Bertz CT molecular complexity index is 1320. The van der Waals surface area contributed by atoms with Gasteiger partial charge in [0.15, 0.2) is 5.82 Å². The molecule has 0 bridgehead atoms. The van der Waals surface area contributed by atoms with Crippen LogP contribution < -0.4 is 20.9 Å². The van der Waals surface area contributed by atoms with Crippen molar-refractivity contribution >= 4 is 52.2 Å². The Kier molecular flexibility index (Phi) is 5.84. The average molecular weight is 491 g/mol. The van der Waals surface area contributed by atoms with Gasteiger partial charge < -0.3 is 20.9 Å². The van der Waals surface area contributed by atoms with Gasteiger partial charge in [-0.25, -0.2) is 4.98 Å². The molecule has 2 heterocycles. The highest BCUT2D eigenvalue weighted by Crippen LogP contribution is 2.42. The third-order valence-corrected chi connectivity index (χ3v) is 6.56. The number of para-hydroxylation sites is 1. The van der Waals surface area contributed by atoms with Crippen molar-refractivity contribution in [3.8, 4) is 0 Å². The lowest BCUT2D eigenvalue weighted by Gasteiger charge is -2.19. The fourth-order valence-electron chi connectivity index (χ4n) is 4.29. The predicted molar refractivity (Wildman–Crippen MR) is 138 cm³/mol. The van der Waals surface area contributed by atoms with Crippen LogP contribution >= 0.6 is 11.6 Å². The maximum Gasteiger partial charge on any atom is 0.253 e. The molecular formula is C26H27ClN6O2. The SMILES string of the molecule is CC(=O)N1CC(C)(C)c2cc(Nc3ncc(Cl)c(Nc4ccccc4C(=O)NC4CC4)n3)ccc21. The molecule has 3 N–H and O–H groups in total. The van der Waals surface area contributed by atoms with E-state index in [0.29, 0.717) is 34.6 Å². The number of nitrogens with one attached hydrogen (secondary N) is 3. The number of benzene rings is 2. The second-order valence-corrected chi connectivity index (χ2v) is 10.1. The van der Waals surface area contributed by atoms with Crippen LogP contribution in [0.4, 0.5) is 28.8 Å². The number of hydrogen-bond acceptors (Lipinski definition) is 6. The van der Waals surface area contributed by atoms with Gasteiger partial charge in [-0.1, -0.05) is 37.6 Å². The van der Waals surface area contributed by atoms with E-state index < -0.39 is 0 Å². The molecule has 0 atom stereocenters. The van der Waals surface area contributed by atoms with Gasteiger partial charge in [-0.3, -0.25) is 9.59 Å². The summed E-state index contributed by atoms with van der Waals surface area (Å²) < 4.78 is 0. The zero-order valence-electron chi connectivity index (χ0n) is 19.9. The molecule has 35 heavy (non-hydrogen) atoms. The highest BCUT2D eigenvalue weighted by molar-refractivity contribution is 6.33. The summed E-state index contributed by atoms with van der Waals surface area (Å²) in [6.07, 6.45) is 3.54. The molecule has 1 saturated carbocycles. The molecule has 1 aliphatic heterocycles. The van der Waals surface area contributed by atoms with Gasteiger partial charge in [-0.05, 0) is 48.7 Å². The predicted octanol–water partition coefficient (Wildman–Crippen LogP) is 5.15. The number of fused-ring (bicyclic) bond motifs is 1. The molecule has 0 radical (unpaired) electrons. The Labute approximate surface area is 209 Å². The van der Waals surface area contributed by atoms with Crippen LogP contribution in [-0.4, -0.2) is 34.4 Å². The first-order chi connectivity index (χ1) is 16.7. The van der Waals surface area contributed by atoms with E-state index in [1.807, 2.05) is 36.4 Å². The first-order valence-electron chi connectivity index (χ1n) is 11.6. The summed E-state index contributed by atoms with van der Waals surface area (Å²) >= 11 is 6.38. The molecule has 1 aromatic heterocycles. The van der Waals surface area contributed by atoms with Crippen molar-refractivity contribution in [2.24, 2.45) is 0 Å². The van der Waals surface area contributed by atoms with E-state index >= 15 is 0 Å². The Balaban J connectivity index is 1.39. The minimum atomic E-state index is -0.170. The van der Waals surface area contributed by atoms with Crippen LogP contribution in [0, 0.1) is 0 Å². The van der Waals surface area contributed by atoms with E-state index in [2.05, 4.69) is 39.8 Å². The molecule has 8 nitrogen and oxygen atoms in total. The van der Waals surface area contributed by atoms with Crippen molar-refractivity contribution in [2.75, 3.05) is 22.1 Å². The van der Waals surface area contributed by atoms with Gasteiger partial charge in [0.2, 0.25) is 11.9 Å². The second kappa shape index (κ2) is 8.85. The van der Waals surface area contributed by atoms with Crippen LogP contribution in [0.1, 0.15) is 49.5 Å². The number of rotatable bonds is 6. The van der Waals surface area contributed by atoms with Crippen LogP contribution in [0.3, 0.4) is 0 Å². The van der Waals surface area contributed by atoms with Crippen LogP contribution in [0.15, 0.2) is 48.7 Å². The van der Waals surface area contributed by atoms with Gasteiger partial charge in [-0.15, -0.1) is 0 Å². The number of carbonyl (C=O) groups is 2. The van der Waals surface area contributed by atoms with Gasteiger partial charge >= 0.3 is 0 Å². The molecular weight excluding hydrogens is 464 g/mol. The van der Waals surface area contributed by atoms with E-state index in [1.165, 1.54) is 6.20 Å². The van der Waals surface area contributed by atoms with Crippen LogP contribution in [0.5, 0.6) is 0 Å². The monoisotopic (exact) mass is 490 g/mol. The van der Waals surface area contributed by atoms with E-state index in [4.69, 9.17) is 11.6 Å². The Morgan fingerprint density at radius 2 is 1.89 bits per heavy atom. The Morgan fingerprint density at radius 3 is 2.63 bits per heavy atom. The summed E-state index contributed by atoms with van der Waals surface area (Å²) in [6, 6.07) is 13.4. The van der Waals surface area contributed by atoms with Crippen LogP contribution in [0.2, 0.25) is 5.02 Å². The zero-order chi connectivity index (χ0) is 24.7. The molecule has 1 aliphatic carbocycles. The Hall–Kier alpha value is -3.65. The highest BCUT2D eigenvalue weighted by atomic mass is 35.5. The molecule has 0 unspecified atom stereocenters. The number of hydrogen-bond donors (Lipinski definition) is 3. The van der Waals surface area contributed by atoms with Gasteiger partial charge in [0, 0.05) is 36.3 Å². The van der Waals surface area contributed by atoms with E-state index in [-0.39, 0.29) is 23.3 Å². The molecule has 9 heteroatoms. The summed E-state index contributed by atoms with van der Waals surface area (Å²) in [6.45, 7) is 6.47. The van der Waals surface area contributed by atoms with Gasteiger partial charge in [0.25, 0.3) is 5.91 Å². The molecule has 0 saturated heterocycles. The third-order valence-electron chi connectivity index (χ3n) is 6.29. The number of anilines is 5. The first-order valence-corrected chi connectivity index (χ1v) is 12.0. The first kappa shape index (κ1) is 23.1. The molecule has 180 valence electrons. The highest BCUT2D eigenvalue weighted by Gasteiger charge is 2.37. The van der Waals surface area contributed by atoms with Gasteiger partial charge in [0.1, 0.15) is 5.02 Å². The van der Waals surface area contributed by atoms with Crippen LogP contribution in [0.25, 0.3) is 0 Å². The van der Waals surface area contributed by atoms with Gasteiger partial charge in [0.05, 0.1) is 17.4 Å². The summed E-state index contributed by atoms with van der Waals surface area (Å²) in [5.74, 6) is 0.649. The topological polar surface area (TPSA) is 99.3 Å². The number of amides is 2. The average Bonchev–Trinajstić information content (AvgIpc) is 3.59. The lowest BCUT2D eigenvalue weighted by Crippen LogP contribution is -2.31. The minimum absolute atomic E-state index is 0.0281. The fraction of sp³-hybridized carbons (Fsp3) is 0.308. The smallest absolute Gasteiger partial charge is 0.253 e. The molecule has 5 rings (SSSR count). The van der Waals surface area contributed by atoms with Gasteiger partial charge in [-0.2, -0.15) is 4.98 Å². The van der Waals surface area contributed by atoms with Crippen molar-refractivity contribution in [3.63, 3.8) is 0 Å². The van der Waals surface area contributed by atoms with E-state index in [9.17, 15) is 9.59 Å². The quantitative estimate of drug-likeness (QED) is 0.441. The number of nitrogens with zero attached hydrogens (tertiary/aromatic N) is 3. The van der Waals surface area contributed by atoms with Crippen molar-refractivity contribution in [2.45, 2.75) is 45.1 Å². The molecule has 2 aliphatic rings. The fourth-order valence-corrected chi connectivity index (χ4v) is 4.43. The summed E-state index contributed by atoms with van der Waals surface area (Å²) in [7, 11) is 0. The van der Waals surface area contributed by atoms with Crippen molar-refractivity contribution in [1.29, 1.82) is 0 Å². The number of carbonyl (C=O) groups excluding carboxylic acids is 2. The van der Waals surface area contributed by atoms with E-state index in [0.717, 1.165) is 29.8 Å². The standard InChI is InChI=1S/C26H27ClN6O2/c1-15(34)33-14-26(2,3)19-12-17(10-11-22(19)33)30-25-28-13-20(27)23(32-25)31-21-7-5-4-6-18(21)24(35)29-16-8-9-16/h4-7,10-13,16H,8-9,14H2,1-3H3,(H,29,35)(H2,28,30,31,32). The Morgan fingerprint density at radius 1 is 1.11 bits per heavy atom. The lowest BCUT2D eigenvalue weighted by molar-refractivity contribution is -0.116. The molecule has 3 aromatic rings. The number of aromatic nitrogens is 2. The molecule has 1 fully saturated rings. The van der Waals surface area contributed by atoms with Crippen molar-refractivity contribution < 1.29 is 9.59 Å².